The van der Waals surface area contributed by atoms with E-state index >= 15 is 0 Å². The van der Waals surface area contributed by atoms with Crippen LogP contribution in [-0.4, -0.2) is 44.6 Å². The molecule has 2 heterocycles. The fourth-order valence-corrected chi connectivity index (χ4v) is 1.98. The number of hydrogen-bond acceptors (Lipinski definition) is 6. The van der Waals surface area contributed by atoms with Crippen LogP contribution in [0.1, 0.15) is 36.8 Å². The number of amides is 1. The molecule has 2 rings (SSSR count). The Labute approximate surface area is 144 Å². The maximum Gasteiger partial charge on any atom is 0.413 e. The fraction of sp³-hybridized carbons (Fsp3) is 0.375. The largest absolute Gasteiger partial charge is 0.481 e. The number of aromatic nitrogens is 3. The number of nitrogens with zero attached hydrogens (tertiary/aromatic N) is 3. The summed E-state index contributed by atoms with van der Waals surface area (Å²) in [5, 5.41) is 15.7. The monoisotopic (exact) mass is 348 g/mol. The van der Waals surface area contributed by atoms with Crippen LogP contribution in [0.4, 0.5) is 10.6 Å². The Hall–Kier alpha value is -3.10. The van der Waals surface area contributed by atoms with E-state index in [-0.39, 0.29) is 11.6 Å². The molecule has 9 heteroatoms. The van der Waals surface area contributed by atoms with E-state index in [2.05, 4.69) is 15.4 Å². The highest BCUT2D eigenvalue weighted by Crippen LogP contribution is 2.18. The third kappa shape index (κ3) is 5.20. The van der Waals surface area contributed by atoms with Gasteiger partial charge in [-0.25, -0.2) is 14.6 Å². The lowest BCUT2D eigenvalue weighted by Gasteiger charge is -2.19. The van der Waals surface area contributed by atoms with E-state index in [9.17, 15) is 9.59 Å². The molecule has 0 aliphatic heterocycles. The van der Waals surface area contributed by atoms with Crippen molar-refractivity contribution in [2.24, 2.45) is 0 Å². The van der Waals surface area contributed by atoms with Gasteiger partial charge in [0.2, 0.25) is 5.88 Å². The third-order valence-electron chi connectivity index (χ3n) is 2.95. The Kier molecular flexibility index (Phi) is 5.26. The summed E-state index contributed by atoms with van der Waals surface area (Å²) in [5.74, 6) is -0.590. The van der Waals surface area contributed by atoms with Gasteiger partial charge in [-0.15, -0.1) is 0 Å². The molecular formula is C16H20N4O5. The van der Waals surface area contributed by atoms with Crippen molar-refractivity contribution in [1.29, 1.82) is 0 Å². The molecule has 0 aliphatic carbocycles. The van der Waals surface area contributed by atoms with Crippen LogP contribution >= 0.6 is 0 Å². The van der Waals surface area contributed by atoms with Crippen LogP contribution in [0.25, 0.3) is 0 Å². The number of carbonyl (C=O) groups excluding carboxylic acids is 1. The van der Waals surface area contributed by atoms with Gasteiger partial charge in [0.25, 0.3) is 0 Å². The van der Waals surface area contributed by atoms with Crippen molar-refractivity contribution in [3.63, 3.8) is 0 Å². The molecule has 0 radical (unpaired) electrons. The van der Waals surface area contributed by atoms with Crippen molar-refractivity contribution in [3.8, 4) is 5.88 Å². The summed E-state index contributed by atoms with van der Waals surface area (Å²) in [7, 11) is 1.41. The first kappa shape index (κ1) is 18.2. The zero-order valence-electron chi connectivity index (χ0n) is 14.4. The van der Waals surface area contributed by atoms with E-state index in [0.717, 1.165) is 0 Å². The number of rotatable bonds is 5. The molecule has 2 aromatic heterocycles. The van der Waals surface area contributed by atoms with Gasteiger partial charge >= 0.3 is 12.1 Å². The zero-order chi connectivity index (χ0) is 18.6. The summed E-state index contributed by atoms with van der Waals surface area (Å²) in [6.07, 6.45) is 1.07. The fourth-order valence-electron chi connectivity index (χ4n) is 1.98. The van der Waals surface area contributed by atoms with E-state index < -0.39 is 17.7 Å². The second kappa shape index (κ2) is 7.20. The number of carbonyl (C=O) groups is 2. The minimum atomic E-state index is -1.13. The van der Waals surface area contributed by atoms with Crippen LogP contribution in [0.2, 0.25) is 0 Å². The number of nitrogens with one attached hydrogen (secondary N) is 1. The van der Waals surface area contributed by atoms with Crippen LogP contribution in [0.3, 0.4) is 0 Å². The highest BCUT2D eigenvalue weighted by atomic mass is 16.6. The maximum absolute atomic E-state index is 11.7. The first-order valence-electron chi connectivity index (χ1n) is 7.48. The number of carboxylic acid groups (broad SMARTS) is 1. The van der Waals surface area contributed by atoms with Crippen molar-refractivity contribution in [2.75, 3.05) is 12.4 Å². The van der Waals surface area contributed by atoms with E-state index in [1.165, 1.54) is 13.2 Å². The molecular weight excluding hydrogens is 328 g/mol. The predicted octanol–water partition coefficient (Wildman–Crippen LogP) is 2.38. The molecule has 0 atom stereocenters. The second-order valence-electron chi connectivity index (χ2n) is 6.20. The number of methoxy groups -OCH3 is 1. The number of ether oxygens (including phenoxy) is 2. The number of anilines is 1. The molecule has 25 heavy (non-hydrogen) atoms. The molecule has 0 saturated carbocycles. The first-order valence-corrected chi connectivity index (χ1v) is 7.48. The van der Waals surface area contributed by atoms with Gasteiger partial charge in [0, 0.05) is 17.8 Å². The minimum absolute atomic E-state index is 0.103. The molecule has 0 saturated heterocycles. The second-order valence-corrected chi connectivity index (χ2v) is 6.20. The summed E-state index contributed by atoms with van der Waals surface area (Å²) >= 11 is 0. The van der Waals surface area contributed by atoms with E-state index in [1.807, 2.05) is 0 Å². The molecule has 0 spiro atoms. The SMILES string of the molecule is COc1nc(C(=O)O)ccc1Cn1ccc(NC(=O)OC(C)(C)C)n1. The highest BCUT2D eigenvalue weighted by Gasteiger charge is 2.17. The maximum atomic E-state index is 11.7. The zero-order valence-corrected chi connectivity index (χ0v) is 14.4. The summed E-state index contributed by atoms with van der Waals surface area (Å²) in [4.78, 5) is 26.6. The van der Waals surface area contributed by atoms with Gasteiger partial charge in [-0.05, 0) is 32.9 Å². The summed E-state index contributed by atoms with van der Waals surface area (Å²) in [6.45, 7) is 5.60. The summed E-state index contributed by atoms with van der Waals surface area (Å²) in [5.41, 5.74) is -0.0508. The first-order chi connectivity index (χ1) is 11.7. The molecule has 0 aliphatic rings. The van der Waals surface area contributed by atoms with Crippen molar-refractivity contribution in [3.05, 3.63) is 35.7 Å². The molecule has 9 nitrogen and oxygen atoms in total. The molecule has 0 bridgehead atoms. The van der Waals surface area contributed by atoms with Gasteiger partial charge in [-0.2, -0.15) is 5.10 Å². The Bertz CT molecular complexity index is 779. The molecule has 1 amide bonds. The van der Waals surface area contributed by atoms with Crippen molar-refractivity contribution in [2.45, 2.75) is 32.9 Å². The van der Waals surface area contributed by atoms with E-state index in [1.54, 1.807) is 43.8 Å². The lowest BCUT2D eigenvalue weighted by Crippen LogP contribution is -2.27. The summed E-state index contributed by atoms with van der Waals surface area (Å²) in [6, 6.07) is 4.62. The Morgan fingerprint density at radius 2 is 2.00 bits per heavy atom. The smallest absolute Gasteiger partial charge is 0.413 e. The van der Waals surface area contributed by atoms with Crippen LogP contribution in [0, 0.1) is 0 Å². The van der Waals surface area contributed by atoms with E-state index in [0.29, 0.717) is 17.9 Å². The lowest BCUT2D eigenvalue weighted by atomic mass is 10.2. The standard InChI is InChI=1S/C16H20N4O5/c1-16(2,3)25-15(23)18-12-7-8-20(19-12)9-10-5-6-11(14(21)22)17-13(10)24-4/h5-8H,9H2,1-4H3,(H,21,22)(H,18,19,23). The number of pyridine rings is 1. The Balaban J connectivity index is 2.08. The van der Waals surface area contributed by atoms with Gasteiger partial charge in [0.1, 0.15) is 5.60 Å². The number of carboxylic acids is 1. The van der Waals surface area contributed by atoms with Gasteiger partial charge in [-0.3, -0.25) is 10.00 Å². The molecule has 0 unspecified atom stereocenters. The van der Waals surface area contributed by atoms with Gasteiger partial charge in [0.15, 0.2) is 11.5 Å². The van der Waals surface area contributed by atoms with Gasteiger partial charge in [-0.1, -0.05) is 0 Å². The minimum Gasteiger partial charge on any atom is -0.481 e. The van der Waals surface area contributed by atoms with E-state index in [4.69, 9.17) is 14.6 Å². The topological polar surface area (TPSA) is 116 Å². The summed E-state index contributed by atoms with van der Waals surface area (Å²) < 4.78 is 11.8. The molecule has 0 fully saturated rings. The average molecular weight is 348 g/mol. The highest BCUT2D eigenvalue weighted by molar-refractivity contribution is 5.85. The van der Waals surface area contributed by atoms with Crippen LogP contribution < -0.4 is 10.1 Å². The Morgan fingerprint density at radius 1 is 1.28 bits per heavy atom. The Morgan fingerprint density at radius 3 is 2.60 bits per heavy atom. The average Bonchev–Trinajstić information content (AvgIpc) is 2.92. The third-order valence-corrected chi connectivity index (χ3v) is 2.95. The van der Waals surface area contributed by atoms with Crippen molar-refractivity contribution in [1.82, 2.24) is 14.8 Å². The molecule has 134 valence electrons. The van der Waals surface area contributed by atoms with Crippen LogP contribution in [0.5, 0.6) is 5.88 Å². The molecule has 2 aromatic rings. The van der Waals surface area contributed by atoms with Gasteiger partial charge in [0.05, 0.1) is 13.7 Å². The number of hydrogen-bond donors (Lipinski definition) is 2. The van der Waals surface area contributed by atoms with Crippen molar-refractivity contribution < 1.29 is 24.2 Å². The van der Waals surface area contributed by atoms with Gasteiger partial charge < -0.3 is 14.6 Å². The molecule has 2 N–H and O–H groups in total. The lowest BCUT2D eigenvalue weighted by molar-refractivity contribution is 0.0633. The van der Waals surface area contributed by atoms with Crippen molar-refractivity contribution >= 4 is 17.9 Å². The molecule has 0 aromatic carbocycles. The normalized spacial score (nSPS) is 11.0. The van der Waals surface area contributed by atoms with Crippen LogP contribution in [-0.2, 0) is 11.3 Å². The quantitative estimate of drug-likeness (QED) is 0.852. The predicted molar refractivity (Wildman–Crippen MR) is 88.9 cm³/mol. The van der Waals surface area contributed by atoms with Crippen LogP contribution in [0.15, 0.2) is 24.4 Å². The number of aromatic carboxylic acids is 1.